The molecule has 1 aromatic heterocycles. The molecule has 0 aliphatic carbocycles. The van der Waals surface area contributed by atoms with Crippen molar-refractivity contribution in [1.29, 1.82) is 0 Å². The van der Waals surface area contributed by atoms with Gasteiger partial charge in [0.15, 0.2) is 0 Å². The van der Waals surface area contributed by atoms with Gasteiger partial charge in [0.25, 0.3) is 0 Å². The van der Waals surface area contributed by atoms with Gasteiger partial charge >= 0.3 is 0 Å². The summed E-state index contributed by atoms with van der Waals surface area (Å²) in [6.07, 6.45) is 4.62. The summed E-state index contributed by atoms with van der Waals surface area (Å²) in [6, 6.07) is 6.60. The molecule has 3 heteroatoms. The lowest BCUT2D eigenvalue weighted by molar-refractivity contribution is 0.299. The molecule has 0 amide bonds. The van der Waals surface area contributed by atoms with Crippen LogP contribution in [0.2, 0.25) is 0 Å². The number of hydrogen-bond acceptors (Lipinski definition) is 2. The van der Waals surface area contributed by atoms with Gasteiger partial charge in [0.1, 0.15) is 5.82 Å². The van der Waals surface area contributed by atoms with E-state index in [0.717, 1.165) is 33.6 Å². The fraction of sp³-hybridized carbons (Fsp3) is 0.409. The summed E-state index contributed by atoms with van der Waals surface area (Å²) in [5.74, 6) is 0.270. The van der Waals surface area contributed by atoms with Crippen molar-refractivity contribution in [2.75, 3.05) is 6.61 Å². The third-order valence-corrected chi connectivity index (χ3v) is 4.32. The van der Waals surface area contributed by atoms with E-state index in [-0.39, 0.29) is 24.3 Å². The molecule has 2 nitrogen and oxygen atoms in total. The molecule has 1 aromatic carbocycles. The number of benzene rings is 1. The number of aliphatic hydroxyl groups excluding tert-OH is 1. The number of aliphatic hydroxyl groups is 1. The molecular weight excluding hydrogens is 313 g/mol. The second-order valence-corrected chi connectivity index (χ2v) is 6.94. The third-order valence-electron chi connectivity index (χ3n) is 4.32. The Morgan fingerprint density at radius 1 is 1.04 bits per heavy atom. The lowest BCUT2D eigenvalue weighted by atomic mass is 9.86. The van der Waals surface area contributed by atoms with Crippen LogP contribution in [0.4, 0.5) is 4.39 Å². The predicted molar refractivity (Wildman–Crippen MR) is 103 cm³/mol. The highest BCUT2D eigenvalue weighted by Crippen LogP contribution is 2.37. The zero-order chi connectivity index (χ0) is 18.6. The molecule has 134 valence electrons. The highest BCUT2D eigenvalue weighted by Gasteiger charge is 2.22. The maximum Gasteiger partial charge on any atom is 0.123 e. The van der Waals surface area contributed by atoms with Crippen molar-refractivity contribution in [3.63, 3.8) is 0 Å². The molecule has 1 N–H and O–H groups in total. The Morgan fingerprint density at radius 2 is 1.64 bits per heavy atom. The first kappa shape index (κ1) is 19.3. The first-order chi connectivity index (χ1) is 11.9. The van der Waals surface area contributed by atoms with Crippen molar-refractivity contribution >= 4 is 6.08 Å². The summed E-state index contributed by atoms with van der Waals surface area (Å²) in [7, 11) is 0. The summed E-state index contributed by atoms with van der Waals surface area (Å²) in [5.41, 5.74) is 6.21. The number of halogens is 1. The summed E-state index contributed by atoms with van der Waals surface area (Å²) >= 11 is 0. The smallest absolute Gasteiger partial charge is 0.123 e. The molecule has 25 heavy (non-hydrogen) atoms. The van der Waals surface area contributed by atoms with Crippen molar-refractivity contribution < 1.29 is 9.50 Å². The second kappa shape index (κ2) is 8.39. The molecule has 0 atom stereocenters. The molecule has 0 aliphatic rings. The molecule has 1 heterocycles. The number of aromatic nitrogens is 1. The van der Waals surface area contributed by atoms with Gasteiger partial charge in [-0.25, -0.2) is 4.39 Å². The Morgan fingerprint density at radius 3 is 2.12 bits per heavy atom. The number of nitrogens with zero attached hydrogens (tertiary/aromatic N) is 1. The Labute approximate surface area is 150 Å². The van der Waals surface area contributed by atoms with Crippen LogP contribution >= 0.6 is 0 Å². The van der Waals surface area contributed by atoms with Gasteiger partial charge in [-0.1, -0.05) is 52.0 Å². The van der Waals surface area contributed by atoms with Gasteiger partial charge in [-0.05, 0) is 54.0 Å². The van der Waals surface area contributed by atoms with E-state index in [1.165, 1.54) is 12.1 Å². The number of rotatable bonds is 6. The average molecular weight is 341 g/mol. The molecule has 0 aliphatic heterocycles. The van der Waals surface area contributed by atoms with Crippen molar-refractivity contribution in [2.45, 2.75) is 52.9 Å². The minimum Gasteiger partial charge on any atom is -0.396 e. The molecule has 0 unspecified atom stereocenters. The topological polar surface area (TPSA) is 33.1 Å². The average Bonchev–Trinajstić information content (AvgIpc) is 2.56. The highest BCUT2D eigenvalue weighted by atomic mass is 19.1. The van der Waals surface area contributed by atoms with Crippen LogP contribution in [0.25, 0.3) is 17.2 Å². The summed E-state index contributed by atoms with van der Waals surface area (Å²) in [5, 5.41) is 9.63. The SMILES string of the molecule is CC=Cc1c(C(C)C)nc(C(C)C)c(CCO)c1-c1ccc(F)cc1. The van der Waals surface area contributed by atoms with Gasteiger partial charge in [0.2, 0.25) is 0 Å². The quantitative estimate of drug-likeness (QED) is 0.731. The van der Waals surface area contributed by atoms with Gasteiger partial charge < -0.3 is 5.11 Å². The molecule has 2 aromatic rings. The van der Waals surface area contributed by atoms with E-state index < -0.39 is 0 Å². The van der Waals surface area contributed by atoms with E-state index >= 15 is 0 Å². The Balaban J connectivity index is 2.92. The van der Waals surface area contributed by atoms with Crippen molar-refractivity contribution in [2.24, 2.45) is 0 Å². The molecule has 0 saturated heterocycles. The van der Waals surface area contributed by atoms with Crippen LogP contribution in [0.1, 0.15) is 69.0 Å². The second-order valence-electron chi connectivity index (χ2n) is 6.94. The van der Waals surface area contributed by atoms with E-state index in [1.54, 1.807) is 0 Å². The fourth-order valence-corrected chi connectivity index (χ4v) is 3.24. The minimum atomic E-state index is -0.248. The van der Waals surface area contributed by atoms with E-state index in [9.17, 15) is 9.50 Å². The largest absolute Gasteiger partial charge is 0.396 e. The van der Waals surface area contributed by atoms with E-state index in [1.807, 2.05) is 25.1 Å². The van der Waals surface area contributed by atoms with Crippen LogP contribution in [0, 0.1) is 5.82 Å². The van der Waals surface area contributed by atoms with Gasteiger partial charge in [-0.15, -0.1) is 0 Å². The predicted octanol–water partition coefficient (Wildman–Crippen LogP) is 5.70. The maximum absolute atomic E-state index is 13.4. The molecule has 0 fully saturated rings. The van der Waals surface area contributed by atoms with Crippen LogP contribution in [-0.4, -0.2) is 16.7 Å². The first-order valence-electron chi connectivity index (χ1n) is 8.96. The Kier molecular flexibility index (Phi) is 6.49. The van der Waals surface area contributed by atoms with Crippen molar-refractivity contribution in [1.82, 2.24) is 4.98 Å². The zero-order valence-corrected chi connectivity index (χ0v) is 15.8. The van der Waals surface area contributed by atoms with Crippen LogP contribution in [0.5, 0.6) is 0 Å². The standard InChI is InChI=1S/C22H28FNO/c1-6-7-18-20(16-8-10-17(23)11-9-16)19(12-13-25)22(15(4)5)24-21(18)14(2)3/h6-11,14-15,25H,12-13H2,1-5H3. The Hall–Kier alpha value is -2.00. The first-order valence-corrected chi connectivity index (χ1v) is 8.96. The van der Waals surface area contributed by atoms with E-state index in [4.69, 9.17) is 4.98 Å². The van der Waals surface area contributed by atoms with Gasteiger partial charge in [-0.3, -0.25) is 4.98 Å². The summed E-state index contributed by atoms with van der Waals surface area (Å²) in [4.78, 5) is 4.98. The lowest BCUT2D eigenvalue weighted by Crippen LogP contribution is -2.11. The van der Waals surface area contributed by atoms with E-state index in [2.05, 4.69) is 33.8 Å². The molecule has 0 radical (unpaired) electrons. The van der Waals surface area contributed by atoms with Crippen LogP contribution in [-0.2, 0) is 6.42 Å². The summed E-state index contributed by atoms with van der Waals surface area (Å²) in [6.45, 7) is 10.6. The molecule has 0 bridgehead atoms. The normalized spacial score (nSPS) is 11.9. The van der Waals surface area contributed by atoms with Crippen molar-refractivity contribution in [3.8, 4) is 11.1 Å². The number of pyridine rings is 1. The van der Waals surface area contributed by atoms with Gasteiger partial charge in [0.05, 0.1) is 5.69 Å². The maximum atomic E-state index is 13.4. The summed E-state index contributed by atoms with van der Waals surface area (Å²) < 4.78 is 13.4. The molecule has 0 spiro atoms. The van der Waals surface area contributed by atoms with Crippen LogP contribution in [0.3, 0.4) is 0 Å². The van der Waals surface area contributed by atoms with Crippen LogP contribution in [0.15, 0.2) is 30.3 Å². The number of allylic oxidation sites excluding steroid dienone is 1. The zero-order valence-electron chi connectivity index (χ0n) is 15.8. The molecule has 0 saturated carbocycles. The monoisotopic (exact) mass is 341 g/mol. The third kappa shape index (κ3) is 4.16. The Bertz CT molecular complexity index is 746. The van der Waals surface area contributed by atoms with Crippen LogP contribution < -0.4 is 0 Å². The molecular formula is C22H28FNO. The number of hydrogen-bond donors (Lipinski definition) is 1. The lowest BCUT2D eigenvalue weighted by Gasteiger charge is -2.23. The van der Waals surface area contributed by atoms with Gasteiger partial charge in [-0.2, -0.15) is 0 Å². The highest BCUT2D eigenvalue weighted by molar-refractivity contribution is 5.80. The molecule has 2 rings (SSSR count). The minimum absolute atomic E-state index is 0.0614. The van der Waals surface area contributed by atoms with Gasteiger partial charge in [0, 0.05) is 17.9 Å². The van der Waals surface area contributed by atoms with Crippen molar-refractivity contribution in [3.05, 3.63) is 58.7 Å². The van der Waals surface area contributed by atoms with E-state index in [0.29, 0.717) is 6.42 Å². The fourth-order valence-electron chi connectivity index (χ4n) is 3.24.